The molecule has 3 rings (SSSR count). The molecule has 0 aliphatic carbocycles. The van der Waals surface area contributed by atoms with Gasteiger partial charge < -0.3 is 14.8 Å². The van der Waals surface area contributed by atoms with E-state index < -0.39 is 7.12 Å². The van der Waals surface area contributed by atoms with Crippen molar-refractivity contribution < 1.29 is 14.8 Å². The zero-order valence-electron chi connectivity index (χ0n) is 11.4. The first-order valence-corrected chi connectivity index (χ1v) is 6.49. The van der Waals surface area contributed by atoms with Gasteiger partial charge in [0, 0.05) is 22.0 Å². The first-order valence-electron chi connectivity index (χ1n) is 6.49. The molecule has 2 radical (unpaired) electrons. The Hall–Kier alpha value is -1.71. The van der Waals surface area contributed by atoms with E-state index in [1.165, 1.54) is 0 Å². The molecule has 0 fully saturated rings. The first-order chi connectivity index (χ1) is 9.43. The minimum atomic E-state index is -1.58. The summed E-state index contributed by atoms with van der Waals surface area (Å²) in [5.41, 5.74) is 2.49. The van der Waals surface area contributed by atoms with Crippen LogP contribution < -0.4 is 15.7 Å². The maximum absolute atomic E-state index is 9.51. The van der Waals surface area contributed by atoms with Crippen LogP contribution in [0.25, 0.3) is 0 Å². The Bertz CT molecular complexity index is 681. The van der Waals surface area contributed by atoms with Crippen LogP contribution in [0.5, 0.6) is 11.5 Å². The molecule has 5 heteroatoms. The van der Waals surface area contributed by atoms with E-state index in [0.717, 1.165) is 11.1 Å². The molecule has 3 nitrogen and oxygen atoms in total. The van der Waals surface area contributed by atoms with E-state index in [1.807, 2.05) is 18.2 Å². The van der Waals surface area contributed by atoms with Gasteiger partial charge in [-0.25, -0.2) is 0 Å². The number of fused-ring (bicyclic) bond motifs is 2. The molecule has 2 aromatic carbocycles. The number of para-hydroxylation sites is 2. The molecule has 1 aliphatic heterocycles. The summed E-state index contributed by atoms with van der Waals surface area (Å²) in [5, 5.41) is 19.0. The van der Waals surface area contributed by atoms with Crippen molar-refractivity contribution in [3.8, 4) is 11.5 Å². The fourth-order valence-corrected chi connectivity index (χ4v) is 2.77. The summed E-state index contributed by atoms with van der Waals surface area (Å²) in [6.07, 6.45) is 0. The minimum Gasteiger partial charge on any atom is -0.458 e. The molecule has 1 aliphatic rings. The lowest BCUT2D eigenvalue weighted by molar-refractivity contribution is 0.407. The molecule has 0 bridgehead atoms. The van der Waals surface area contributed by atoms with Crippen LogP contribution in [0.4, 0.5) is 0 Å². The van der Waals surface area contributed by atoms with Crippen molar-refractivity contribution in [2.75, 3.05) is 0 Å². The highest BCUT2D eigenvalue weighted by Crippen LogP contribution is 2.45. The van der Waals surface area contributed by atoms with Gasteiger partial charge >= 0.3 is 7.12 Å². The van der Waals surface area contributed by atoms with Gasteiger partial charge in [-0.1, -0.05) is 55.7 Å². The van der Waals surface area contributed by atoms with Crippen molar-refractivity contribution in [3.63, 3.8) is 0 Å². The van der Waals surface area contributed by atoms with Crippen molar-refractivity contribution >= 4 is 25.9 Å². The molecule has 0 amide bonds. The lowest BCUT2D eigenvalue weighted by atomic mass is 9.69. The van der Waals surface area contributed by atoms with Crippen LogP contribution in [0.2, 0.25) is 0 Å². The predicted octanol–water partition coefficient (Wildman–Crippen LogP) is 0.592. The standard InChI is InChI=1S/C15H14B2O3/c1-15(2)9-5-3-7-11(16)13(9)20-14-10(15)6-4-8-12(14)17(18)19/h3-8,18-19H,1-2H3. The smallest absolute Gasteiger partial charge is 0.458 e. The molecule has 2 aromatic rings. The SMILES string of the molecule is [B]c1cccc2c1Oc1c(B(O)O)cccc1C2(C)C. The average molecular weight is 264 g/mol. The van der Waals surface area contributed by atoms with Gasteiger partial charge in [-0.3, -0.25) is 0 Å². The third-order valence-corrected chi connectivity index (χ3v) is 3.92. The maximum atomic E-state index is 9.51. The summed E-state index contributed by atoms with van der Waals surface area (Å²) >= 11 is 0. The van der Waals surface area contributed by atoms with E-state index in [-0.39, 0.29) is 5.41 Å². The van der Waals surface area contributed by atoms with Gasteiger partial charge in [0.2, 0.25) is 0 Å². The predicted molar refractivity (Wildman–Crippen MR) is 80.3 cm³/mol. The summed E-state index contributed by atoms with van der Waals surface area (Å²) in [6, 6.07) is 11.0. The van der Waals surface area contributed by atoms with E-state index in [4.69, 9.17) is 12.6 Å². The van der Waals surface area contributed by atoms with Crippen molar-refractivity contribution in [2.24, 2.45) is 0 Å². The molecule has 98 valence electrons. The zero-order valence-corrected chi connectivity index (χ0v) is 11.4. The molecule has 2 N–H and O–H groups in total. The number of hydrogen-bond acceptors (Lipinski definition) is 3. The second-order valence-electron chi connectivity index (χ2n) is 5.55. The Balaban J connectivity index is 2.30. The van der Waals surface area contributed by atoms with E-state index in [2.05, 4.69) is 13.8 Å². The van der Waals surface area contributed by atoms with E-state index >= 15 is 0 Å². The lowest BCUT2D eigenvalue weighted by Crippen LogP contribution is -2.36. The van der Waals surface area contributed by atoms with Gasteiger partial charge in [-0.05, 0) is 0 Å². The Morgan fingerprint density at radius 3 is 2.25 bits per heavy atom. The molecular weight excluding hydrogens is 250 g/mol. The van der Waals surface area contributed by atoms with Gasteiger partial charge in [-0.15, -0.1) is 0 Å². The fraction of sp³-hybridized carbons (Fsp3) is 0.200. The van der Waals surface area contributed by atoms with Crippen molar-refractivity contribution in [2.45, 2.75) is 19.3 Å². The zero-order chi connectivity index (χ0) is 14.5. The fourth-order valence-electron chi connectivity index (χ4n) is 2.77. The van der Waals surface area contributed by atoms with Crippen molar-refractivity contribution in [1.29, 1.82) is 0 Å². The quantitative estimate of drug-likeness (QED) is 0.741. The van der Waals surface area contributed by atoms with Gasteiger partial charge in [0.25, 0.3) is 0 Å². The molecule has 20 heavy (non-hydrogen) atoms. The summed E-state index contributed by atoms with van der Waals surface area (Å²) in [5.74, 6) is 1.08. The van der Waals surface area contributed by atoms with Crippen LogP contribution in [-0.2, 0) is 5.41 Å². The third kappa shape index (κ3) is 1.78. The second kappa shape index (κ2) is 4.40. The summed E-state index contributed by atoms with van der Waals surface area (Å²) in [4.78, 5) is 0. The van der Waals surface area contributed by atoms with Gasteiger partial charge in [0.1, 0.15) is 19.3 Å². The van der Waals surface area contributed by atoms with Crippen LogP contribution in [0.15, 0.2) is 36.4 Å². The molecule has 0 aromatic heterocycles. The van der Waals surface area contributed by atoms with Gasteiger partial charge in [0.15, 0.2) is 0 Å². The van der Waals surface area contributed by atoms with Crippen LogP contribution in [0, 0.1) is 0 Å². The number of rotatable bonds is 1. The van der Waals surface area contributed by atoms with Gasteiger partial charge in [0.05, 0.1) is 0 Å². The van der Waals surface area contributed by atoms with Crippen molar-refractivity contribution in [1.82, 2.24) is 0 Å². The molecule has 0 unspecified atom stereocenters. The number of benzene rings is 2. The molecular formula is C15H14B2O3. The van der Waals surface area contributed by atoms with Gasteiger partial charge in [-0.2, -0.15) is 0 Å². The highest BCUT2D eigenvalue weighted by molar-refractivity contribution is 6.59. The Morgan fingerprint density at radius 2 is 1.60 bits per heavy atom. The highest BCUT2D eigenvalue weighted by Gasteiger charge is 2.37. The van der Waals surface area contributed by atoms with Crippen LogP contribution in [0.3, 0.4) is 0 Å². The normalized spacial score (nSPS) is 15.0. The molecule has 0 saturated carbocycles. The molecule has 0 atom stereocenters. The van der Waals surface area contributed by atoms with E-state index in [9.17, 15) is 10.0 Å². The van der Waals surface area contributed by atoms with Crippen LogP contribution in [-0.4, -0.2) is 25.0 Å². The first kappa shape index (κ1) is 13.3. The highest BCUT2D eigenvalue weighted by atomic mass is 16.5. The van der Waals surface area contributed by atoms with Crippen LogP contribution in [0.1, 0.15) is 25.0 Å². The molecule has 0 saturated heterocycles. The van der Waals surface area contributed by atoms with E-state index in [0.29, 0.717) is 22.4 Å². The summed E-state index contributed by atoms with van der Waals surface area (Å²) in [7, 11) is 4.42. The Kier molecular flexibility index (Phi) is 2.92. The number of hydrogen-bond donors (Lipinski definition) is 2. The topological polar surface area (TPSA) is 49.7 Å². The molecule has 1 heterocycles. The minimum absolute atomic E-state index is 0.316. The third-order valence-electron chi connectivity index (χ3n) is 3.92. The van der Waals surface area contributed by atoms with Crippen LogP contribution >= 0.6 is 0 Å². The average Bonchev–Trinajstić information content (AvgIpc) is 2.39. The summed E-state index contributed by atoms with van der Waals surface area (Å²) < 4.78 is 5.89. The van der Waals surface area contributed by atoms with Crippen molar-refractivity contribution in [3.05, 3.63) is 47.5 Å². The molecule has 0 spiro atoms. The summed E-state index contributed by atoms with van der Waals surface area (Å²) in [6.45, 7) is 4.14. The maximum Gasteiger partial charge on any atom is 0.492 e. The largest absolute Gasteiger partial charge is 0.492 e. The second-order valence-corrected chi connectivity index (χ2v) is 5.55. The van der Waals surface area contributed by atoms with E-state index in [1.54, 1.807) is 18.2 Å². The monoisotopic (exact) mass is 264 g/mol. The number of ether oxygens (including phenoxy) is 1. The lowest BCUT2D eigenvalue weighted by Gasteiger charge is -2.36. The Labute approximate surface area is 119 Å². The Morgan fingerprint density at radius 1 is 1.00 bits per heavy atom.